The molecule has 84 valence electrons. The number of pyridine rings is 1. The minimum atomic E-state index is -4.34. The Balaban J connectivity index is 3.50. The highest BCUT2D eigenvalue weighted by Gasteiger charge is 2.21. The van der Waals surface area contributed by atoms with Crippen LogP contribution >= 0.6 is 0 Å². The van der Waals surface area contributed by atoms with Gasteiger partial charge >= 0.3 is 0 Å². The fraction of sp³-hybridized carbons (Fsp3) is 0.167. The number of rotatable bonds is 2. The van der Waals surface area contributed by atoms with E-state index in [-0.39, 0.29) is 0 Å². The van der Waals surface area contributed by atoms with Crippen LogP contribution in [0.15, 0.2) is 11.1 Å². The first kappa shape index (κ1) is 11.7. The molecule has 0 aromatic carbocycles. The van der Waals surface area contributed by atoms with E-state index in [9.17, 15) is 21.6 Å². The molecule has 4 N–H and O–H groups in total. The smallest absolute Gasteiger partial charge is 0.266 e. The SMILES string of the molecule is Nc1c(C(F)F)cc(S(N)(=O)=O)nc1F. The van der Waals surface area contributed by atoms with Gasteiger partial charge in [0.2, 0.25) is 5.95 Å². The van der Waals surface area contributed by atoms with Gasteiger partial charge in [-0.25, -0.2) is 27.3 Å². The average Bonchev–Trinajstić information content (AvgIpc) is 2.06. The highest BCUT2D eigenvalue weighted by molar-refractivity contribution is 7.89. The lowest BCUT2D eigenvalue weighted by Crippen LogP contribution is -2.16. The standard InChI is InChI=1S/C6H6F3N3O2S/c7-5(8)2-1-3(15(11,13)14)12-6(9)4(2)10/h1,5H,10H2,(H2,11,13,14). The number of nitrogen functional groups attached to an aromatic ring is 1. The number of aromatic nitrogens is 1. The number of nitrogens with two attached hydrogens (primary N) is 2. The number of primary sulfonamides is 1. The number of hydrogen-bond acceptors (Lipinski definition) is 4. The van der Waals surface area contributed by atoms with Crippen molar-refractivity contribution in [1.29, 1.82) is 0 Å². The molecule has 1 heterocycles. The van der Waals surface area contributed by atoms with E-state index in [4.69, 9.17) is 5.73 Å². The summed E-state index contributed by atoms with van der Waals surface area (Å²) >= 11 is 0. The second-order valence-electron chi connectivity index (χ2n) is 2.60. The van der Waals surface area contributed by atoms with Crippen molar-refractivity contribution < 1.29 is 21.6 Å². The maximum atomic E-state index is 12.8. The number of alkyl halides is 2. The van der Waals surface area contributed by atoms with Crippen LogP contribution < -0.4 is 10.9 Å². The van der Waals surface area contributed by atoms with Gasteiger partial charge in [0.15, 0.2) is 5.03 Å². The molecule has 9 heteroatoms. The maximum absolute atomic E-state index is 12.8. The third-order valence-electron chi connectivity index (χ3n) is 1.55. The van der Waals surface area contributed by atoms with E-state index in [0.29, 0.717) is 6.07 Å². The van der Waals surface area contributed by atoms with Gasteiger partial charge in [-0.3, -0.25) is 0 Å². The van der Waals surface area contributed by atoms with Crippen LogP contribution in [0, 0.1) is 5.95 Å². The van der Waals surface area contributed by atoms with Gasteiger partial charge in [0.05, 0.1) is 5.69 Å². The van der Waals surface area contributed by atoms with E-state index < -0.39 is 38.7 Å². The molecule has 0 radical (unpaired) electrons. The van der Waals surface area contributed by atoms with E-state index in [1.165, 1.54) is 0 Å². The van der Waals surface area contributed by atoms with E-state index in [1.807, 2.05) is 0 Å². The summed E-state index contributed by atoms with van der Waals surface area (Å²) in [5.74, 6) is -1.49. The van der Waals surface area contributed by atoms with E-state index in [1.54, 1.807) is 0 Å². The Morgan fingerprint density at radius 2 is 1.93 bits per heavy atom. The third kappa shape index (κ3) is 2.36. The Labute approximate surface area is 83.0 Å². The summed E-state index contributed by atoms with van der Waals surface area (Å²) < 4.78 is 58.8. The van der Waals surface area contributed by atoms with Crippen LogP contribution in [0.1, 0.15) is 12.0 Å². The Kier molecular flexibility index (Phi) is 2.86. The van der Waals surface area contributed by atoms with Crippen LogP contribution in [0.3, 0.4) is 0 Å². The Morgan fingerprint density at radius 3 is 2.33 bits per heavy atom. The van der Waals surface area contributed by atoms with Crippen molar-refractivity contribution in [3.63, 3.8) is 0 Å². The fourth-order valence-corrected chi connectivity index (χ4v) is 1.34. The van der Waals surface area contributed by atoms with Gasteiger partial charge < -0.3 is 5.73 Å². The number of anilines is 1. The molecule has 0 aliphatic rings. The van der Waals surface area contributed by atoms with Crippen molar-refractivity contribution in [2.24, 2.45) is 5.14 Å². The number of halogens is 3. The van der Waals surface area contributed by atoms with Crippen LogP contribution in [-0.4, -0.2) is 13.4 Å². The minimum Gasteiger partial charge on any atom is -0.395 e. The summed E-state index contributed by atoms with van der Waals surface area (Å²) in [5.41, 5.74) is 3.10. The van der Waals surface area contributed by atoms with Crippen molar-refractivity contribution in [2.75, 3.05) is 5.73 Å². The molecule has 0 aliphatic heterocycles. The third-order valence-corrected chi connectivity index (χ3v) is 2.34. The zero-order valence-corrected chi connectivity index (χ0v) is 7.93. The Morgan fingerprint density at radius 1 is 1.40 bits per heavy atom. The predicted molar refractivity (Wildman–Crippen MR) is 44.9 cm³/mol. The van der Waals surface area contributed by atoms with Crippen LogP contribution in [0.5, 0.6) is 0 Å². The van der Waals surface area contributed by atoms with E-state index in [2.05, 4.69) is 10.1 Å². The van der Waals surface area contributed by atoms with E-state index >= 15 is 0 Å². The highest BCUT2D eigenvalue weighted by Crippen LogP contribution is 2.27. The second kappa shape index (κ2) is 3.66. The topological polar surface area (TPSA) is 99.1 Å². The maximum Gasteiger partial charge on any atom is 0.266 e. The molecule has 0 unspecified atom stereocenters. The molecule has 5 nitrogen and oxygen atoms in total. The molecule has 0 amide bonds. The van der Waals surface area contributed by atoms with Crippen molar-refractivity contribution >= 4 is 15.7 Å². The second-order valence-corrected chi connectivity index (χ2v) is 4.11. The molecule has 0 saturated heterocycles. The highest BCUT2D eigenvalue weighted by atomic mass is 32.2. The van der Waals surface area contributed by atoms with Crippen molar-refractivity contribution in [3.05, 3.63) is 17.6 Å². The quantitative estimate of drug-likeness (QED) is 0.731. The zero-order chi connectivity index (χ0) is 11.8. The van der Waals surface area contributed by atoms with Crippen LogP contribution in [-0.2, 0) is 10.0 Å². The first-order chi connectivity index (χ1) is 6.73. The summed E-state index contributed by atoms with van der Waals surface area (Å²) in [7, 11) is -4.34. The molecule has 15 heavy (non-hydrogen) atoms. The molecule has 0 bridgehead atoms. The van der Waals surface area contributed by atoms with Gasteiger partial charge in [-0.05, 0) is 6.07 Å². The average molecular weight is 241 g/mol. The van der Waals surface area contributed by atoms with Crippen molar-refractivity contribution in [1.82, 2.24) is 4.98 Å². The Bertz CT molecular complexity index is 489. The molecular weight excluding hydrogens is 235 g/mol. The Hall–Kier alpha value is -1.35. The van der Waals surface area contributed by atoms with Crippen LogP contribution in [0.25, 0.3) is 0 Å². The van der Waals surface area contributed by atoms with Crippen molar-refractivity contribution in [3.8, 4) is 0 Å². The molecule has 0 atom stereocenters. The van der Waals surface area contributed by atoms with Gasteiger partial charge in [0, 0.05) is 5.56 Å². The van der Waals surface area contributed by atoms with Gasteiger partial charge in [0.1, 0.15) is 0 Å². The summed E-state index contributed by atoms with van der Waals surface area (Å²) in [6, 6.07) is 0.443. The minimum absolute atomic E-state index is 0.443. The van der Waals surface area contributed by atoms with E-state index in [0.717, 1.165) is 0 Å². The lowest BCUT2D eigenvalue weighted by molar-refractivity contribution is 0.151. The summed E-state index contributed by atoms with van der Waals surface area (Å²) in [5, 5.41) is 3.62. The van der Waals surface area contributed by atoms with Gasteiger partial charge in [0.25, 0.3) is 16.4 Å². The molecule has 1 rings (SSSR count). The molecule has 0 fully saturated rings. The summed E-state index contributed by atoms with van der Waals surface area (Å²) in [6.07, 6.45) is -3.11. The van der Waals surface area contributed by atoms with Crippen molar-refractivity contribution in [2.45, 2.75) is 11.5 Å². The predicted octanol–water partition coefficient (Wildman–Crippen LogP) is 0.388. The molecule has 1 aromatic heterocycles. The number of sulfonamides is 1. The first-order valence-corrected chi connectivity index (χ1v) is 5.05. The van der Waals surface area contributed by atoms with Gasteiger partial charge in [-0.1, -0.05) is 0 Å². The largest absolute Gasteiger partial charge is 0.395 e. The molecule has 0 saturated carbocycles. The molecule has 0 aliphatic carbocycles. The first-order valence-electron chi connectivity index (χ1n) is 3.50. The summed E-state index contributed by atoms with van der Waals surface area (Å²) in [6.45, 7) is 0. The van der Waals surface area contributed by atoms with Gasteiger partial charge in [-0.15, -0.1) is 0 Å². The molecule has 0 spiro atoms. The molecule has 1 aromatic rings. The van der Waals surface area contributed by atoms with Gasteiger partial charge in [-0.2, -0.15) is 4.39 Å². The summed E-state index contributed by atoms with van der Waals surface area (Å²) in [4.78, 5) is 2.85. The number of hydrogen-bond donors (Lipinski definition) is 2. The fourth-order valence-electron chi connectivity index (χ4n) is 0.845. The monoisotopic (exact) mass is 241 g/mol. The van der Waals surface area contributed by atoms with Crippen LogP contribution in [0.2, 0.25) is 0 Å². The normalized spacial score (nSPS) is 12.1. The molecular formula is C6H6F3N3O2S. The zero-order valence-electron chi connectivity index (χ0n) is 7.12. The van der Waals surface area contributed by atoms with Crippen LogP contribution in [0.4, 0.5) is 18.9 Å². The lowest BCUT2D eigenvalue weighted by atomic mass is 10.2. The number of nitrogens with zero attached hydrogens (tertiary/aromatic N) is 1. The lowest BCUT2D eigenvalue weighted by Gasteiger charge is -2.06.